The minimum Gasteiger partial charge on any atom is -0.506 e. The average molecular weight is 223 g/mol. The summed E-state index contributed by atoms with van der Waals surface area (Å²) in [5.74, 6) is -1.06. The topological polar surface area (TPSA) is 139 Å². The molecule has 0 saturated heterocycles. The van der Waals surface area contributed by atoms with E-state index in [2.05, 4.69) is 10.5 Å². The van der Waals surface area contributed by atoms with Crippen LogP contribution in [0.2, 0.25) is 0 Å². The number of primary amides is 1. The van der Waals surface area contributed by atoms with Gasteiger partial charge in [-0.25, -0.2) is 4.79 Å². The van der Waals surface area contributed by atoms with Crippen LogP contribution in [0, 0.1) is 21.4 Å². The average Bonchev–Trinajstić information content (AvgIpc) is 2.16. The van der Waals surface area contributed by atoms with Gasteiger partial charge in [0.05, 0.1) is 4.92 Å². The van der Waals surface area contributed by atoms with Crippen LogP contribution in [-0.2, 0) is 0 Å². The van der Waals surface area contributed by atoms with Gasteiger partial charge in [0.1, 0.15) is 17.4 Å². The standard InChI is InChI=1S/C8H5N3O5/c9-3-4-1-5(11(14)15)7(2-6(4)12)16-8(10)13/h1-2,12H,(H2,10,13). The van der Waals surface area contributed by atoms with Crippen LogP contribution < -0.4 is 10.5 Å². The third-order valence-electron chi connectivity index (χ3n) is 1.60. The molecule has 8 heteroatoms. The zero-order chi connectivity index (χ0) is 12.3. The quantitative estimate of drug-likeness (QED) is 0.556. The van der Waals surface area contributed by atoms with Crippen LogP contribution in [-0.4, -0.2) is 16.1 Å². The van der Waals surface area contributed by atoms with E-state index in [1.165, 1.54) is 0 Å². The molecule has 0 aliphatic heterocycles. The molecule has 0 aliphatic rings. The fourth-order valence-electron chi connectivity index (χ4n) is 0.980. The zero-order valence-electron chi connectivity index (χ0n) is 7.71. The largest absolute Gasteiger partial charge is 0.506 e. The van der Waals surface area contributed by atoms with Crippen molar-refractivity contribution in [3.8, 4) is 17.6 Å². The van der Waals surface area contributed by atoms with Gasteiger partial charge in [0.15, 0.2) is 0 Å². The zero-order valence-corrected chi connectivity index (χ0v) is 7.71. The number of rotatable bonds is 2. The van der Waals surface area contributed by atoms with Crippen LogP contribution in [0.15, 0.2) is 12.1 Å². The van der Waals surface area contributed by atoms with E-state index in [1.807, 2.05) is 0 Å². The Kier molecular flexibility index (Phi) is 2.91. The summed E-state index contributed by atoms with van der Waals surface area (Å²) >= 11 is 0. The van der Waals surface area contributed by atoms with Gasteiger partial charge in [-0.15, -0.1) is 0 Å². The van der Waals surface area contributed by atoms with Crippen molar-refractivity contribution in [3.63, 3.8) is 0 Å². The Morgan fingerprint density at radius 1 is 1.62 bits per heavy atom. The molecule has 1 amide bonds. The van der Waals surface area contributed by atoms with Crippen molar-refractivity contribution in [2.75, 3.05) is 0 Å². The highest BCUT2D eigenvalue weighted by atomic mass is 16.6. The van der Waals surface area contributed by atoms with Crippen molar-refractivity contribution in [1.29, 1.82) is 5.26 Å². The predicted octanol–water partition coefficient (Wildman–Crippen LogP) is 0.630. The van der Waals surface area contributed by atoms with Crippen molar-refractivity contribution in [2.45, 2.75) is 0 Å². The van der Waals surface area contributed by atoms with E-state index in [1.54, 1.807) is 6.07 Å². The second-order valence-corrected chi connectivity index (χ2v) is 2.63. The number of aromatic hydroxyl groups is 1. The van der Waals surface area contributed by atoms with Gasteiger partial charge >= 0.3 is 11.8 Å². The molecule has 0 atom stereocenters. The number of hydrogen-bond acceptors (Lipinski definition) is 6. The van der Waals surface area contributed by atoms with Crippen LogP contribution in [0.25, 0.3) is 0 Å². The summed E-state index contributed by atoms with van der Waals surface area (Å²) in [5.41, 5.74) is 3.75. The van der Waals surface area contributed by atoms with E-state index in [4.69, 9.17) is 5.26 Å². The first kappa shape index (κ1) is 11.3. The van der Waals surface area contributed by atoms with E-state index in [0.717, 1.165) is 12.1 Å². The normalized spacial score (nSPS) is 9.19. The number of nitrogens with two attached hydrogens (primary N) is 1. The molecular weight excluding hydrogens is 218 g/mol. The monoisotopic (exact) mass is 223 g/mol. The number of ether oxygens (including phenoxy) is 1. The molecule has 0 fully saturated rings. The number of phenols is 1. The van der Waals surface area contributed by atoms with Gasteiger partial charge in [-0.2, -0.15) is 5.26 Å². The molecule has 8 nitrogen and oxygen atoms in total. The lowest BCUT2D eigenvalue weighted by Crippen LogP contribution is -2.17. The summed E-state index contributed by atoms with van der Waals surface area (Å²) < 4.78 is 4.31. The lowest BCUT2D eigenvalue weighted by molar-refractivity contribution is -0.385. The number of nitro benzene ring substituents is 1. The fraction of sp³-hybridized carbons (Fsp3) is 0. The maximum absolute atomic E-state index is 10.6. The Hall–Kier alpha value is -2.82. The molecule has 0 unspecified atom stereocenters. The molecule has 16 heavy (non-hydrogen) atoms. The molecule has 0 bridgehead atoms. The molecule has 1 aromatic rings. The smallest absolute Gasteiger partial charge is 0.410 e. The van der Waals surface area contributed by atoms with E-state index in [-0.39, 0.29) is 5.56 Å². The third kappa shape index (κ3) is 2.16. The van der Waals surface area contributed by atoms with Gasteiger partial charge in [0.25, 0.3) is 0 Å². The minimum absolute atomic E-state index is 0.302. The number of nitriles is 1. The van der Waals surface area contributed by atoms with Crippen molar-refractivity contribution < 1.29 is 19.6 Å². The maximum atomic E-state index is 10.6. The molecular formula is C8H5N3O5. The fourth-order valence-corrected chi connectivity index (χ4v) is 0.980. The maximum Gasteiger partial charge on any atom is 0.410 e. The van der Waals surface area contributed by atoms with Gasteiger partial charge in [-0.05, 0) is 0 Å². The van der Waals surface area contributed by atoms with E-state index in [0.29, 0.717) is 0 Å². The summed E-state index contributed by atoms with van der Waals surface area (Å²) in [5, 5.41) is 28.3. The number of phenolic OH excluding ortho intramolecular Hbond substituents is 1. The van der Waals surface area contributed by atoms with E-state index in [9.17, 15) is 20.0 Å². The third-order valence-corrected chi connectivity index (χ3v) is 1.60. The van der Waals surface area contributed by atoms with Gasteiger partial charge in [0.2, 0.25) is 5.75 Å². The first-order valence-electron chi connectivity index (χ1n) is 3.84. The molecule has 1 rings (SSSR count). The second kappa shape index (κ2) is 4.14. The Balaban J connectivity index is 3.37. The molecule has 0 spiro atoms. The first-order chi connectivity index (χ1) is 7.45. The van der Waals surface area contributed by atoms with Crippen LogP contribution in [0.4, 0.5) is 10.5 Å². The number of nitrogens with zero attached hydrogens (tertiary/aromatic N) is 2. The summed E-state index contributed by atoms with van der Waals surface area (Å²) in [6, 6.07) is 3.11. The Labute approximate surface area is 88.6 Å². The molecule has 1 aromatic carbocycles. The van der Waals surface area contributed by atoms with Gasteiger partial charge in [-0.3, -0.25) is 10.1 Å². The van der Waals surface area contributed by atoms with E-state index >= 15 is 0 Å². The first-order valence-corrected chi connectivity index (χ1v) is 3.84. The second-order valence-electron chi connectivity index (χ2n) is 2.63. The molecule has 0 radical (unpaired) electrons. The highest BCUT2D eigenvalue weighted by Crippen LogP contribution is 2.33. The van der Waals surface area contributed by atoms with E-state index < -0.39 is 28.2 Å². The van der Waals surface area contributed by atoms with Gasteiger partial charge in [-0.1, -0.05) is 0 Å². The lowest BCUT2D eigenvalue weighted by Gasteiger charge is -2.03. The number of carbonyl (C=O) groups excluding carboxylic acids is 1. The Morgan fingerprint density at radius 2 is 2.25 bits per heavy atom. The predicted molar refractivity (Wildman–Crippen MR) is 49.7 cm³/mol. The summed E-state index contributed by atoms with van der Waals surface area (Å²) in [6.07, 6.45) is -1.26. The number of benzene rings is 1. The minimum atomic E-state index is -1.26. The molecule has 0 aliphatic carbocycles. The Morgan fingerprint density at radius 3 is 2.69 bits per heavy atom. The summed E-state index contributed by atoms with van der Waals surface area (Å²) in [4.78, 5) is 20.1. The number of nitro groups is 1. The SMILES string of the molecule is N#Cc1cc([N+](=O)[O-])c(OC(N)=O)cc1O. The van der Waals surface area contributed by atoms with Crippen LogP contribution in [0.5, 0.6) is 11.5 Å². The molecule has 82 valence electrons. The molecule has 0 heterocycles. The number of amides is 1. The number of carbonyl (C=O) groups is 1. The lowest BCUT2D eigenvalue weighted by atomic mass is 10.2. The Bertz CT molecular complexity index is 505. The van der Waals surface area contributed by atoms with Gasteiger partial charge < -0.3 is 15.6 Å². The summed E-state index contributed by atoms with van der Waals surface area (Å²) in [6.45, 7) is 0. The van der Waals surface area contributed by atoms with Crippen molar-refractivity contribution in [3.05, 3.63) is 27.8 Å². The van der Waals surface area contributed by atoms with Crippen molar-refractivity contribution in [2.24, 2.45) is 5.73 Å². The number of hydrogen-bond donors (Lipinski definition) is 2. The summed E-state index contributed by atoms with van der Waals surface area (Å²) in [7, 11) is 0. The van der Waals surface area contributed by atoms with Crippen LogP contribution in [0.3, 0.4) is 0 Å². The van der Waals surface area contributed by atoms with Crippen molar-refractivity contribution in [1.82, 2.24) is 0 Å². The van der Waals surface area contributed by atoms with Gasteiger partial charge in [0, 0.05) is 12.1 Å². The van der Waals surface area contributed by atoms with Crippen LogP contribution in [0.1, 0.15) is 5.56 Å². The highest BCUT2D eigenvalue weighted by Gasteiger charge is 2.20. The van der Waals surface area contributed by atoms with Crippen LogP contribution >= 0.6 is 0 Å². The molecule has 3 N–H and O–H groups in total. The highest BCUT2D eigenvalue weighted by molar-refractivity contribution is 5.71. The molecule has 0 saturated carbocycles. The van der Waals surface area contributed by atoms with Crippen molar-refractivity contribution >= 4 is 11.8 Å². The molecule has 0 aromatic heterocycles.